The average molecular weight is 140 g/mol. The van der Waals surface area contributed by atoms with E-state index >= 15 is 0 Å². The van der Waals surface area contributed by atoms with Crippen molar-refractivity contribution in [3.63, 3.8) is 0 Å². The number of carbonyl (C=O) groups excluding carboxylic acids is 1. The molecule has 1 saturated carbocycles. The van der Waals surface area contributed by atoms with Crippen molar-refractivity contribution in [1.29, 1.82) is 0 Å². The van der Waals surface area contributed by atoms with Crippen LogP contribution >= 0.6 is 0 Å². The predicted octanol–water partition coefficient (Wildman–Crippen LogP) is 2.40. The number of Topliss-reactive ketones (excluding diaryl/α,β-unsaturated/α-hetero) is 1. The third kappa shape index (κ3) is 1.83. The van der Waals surface area contributed by atoms with Crippen molar-refractivity contribution in [2.75, 3.05) is 0 Å². The van der Waals surface area contributed by atoms with Crippen LogP contribution in [0.3, 0.4) is 0 Å². The molecule has 0 aliphatic heterocycles. The van der Waals surface area contributed by atoms with Crippen LogP contribution in [-0.4, -0.2) is 5.78 Å². The highest BCUT2D eigenvalue weighted by molar-refractivity contribution is 5.78. The maximum Gasteiger partial charge on any atom is 0.132 e. The lowest BCUT2D eigenvalue weighted by molar-refractivity contribution is -0.122. The van der Waals surface area contributed by atoms with Crippen LogP contribution < -0.4 is 0 Å². The lowest BCUT2D eigenvalue weighted by Gasteiger charge is -2.24. The molecule has 0 bridgehead atoms. The fourth-order valence-corrected chi connectivity index (χ4v) is 1.80. The second kappa shape index (κ2) is 3.18. The van der Waals surface area contributed by atoms with Gasteiger partial charge < -0.3 is 0 Å². The lowest BCUT2D eigenvalue weighted by Crippen LogP contribution is -2.19. The smallest absolute Gasteiger partial charge is 0.132 e. The normalized spacial score (nSPS) is 33.8. The second-order valence-electron chi connectivity index (χ2n) is 3.58. The summed E-state index contributed by atoms with van der Waals surface area (Å²) in [5.41, 5.74) is 0. The van der Waals surface area contributed by atoms with Crippen molar-refractivity contribution in [2.45, 2.75) is 39.5 Å². The van der Waals surface area contributed by atoms with Gasteiger partial charge in [0.25, 0.3) is 0 Å². The molecular weight excluding hydrogens is 124 g/mol. The van der Waals surface area contributed by atoms with Crippen molar-refractivity contribution in [2.24, 2.45) is 11.8 Å². The Hall–Kier alpha value is -0.330. The van der Waals surface area contributed by atoms with Gasteiger partial charge in [0.1, 0.15) is 5.78 Å². The van der Waals surface area contributed by atoms with E-state index in [4.69, 9.17) is 0 Å². The minimum Gasteiger partial charge on any atom is -0.300 e. The molecule has 0 N–H and O–H groups in total. The molecule has 58 valence electrons. The second-order valence-corrected chi connectivity index (χ2v) is 3.58. The summed E-state index contributed by atoms with van der Waals surface area (Å²) < 4.78 is 0. The van der Waals surface area contributed by atoms with E-state index in [1.165, 1.54) is 12.8 Å². The van der Waals surface area contributed by atoms with Gasteiger partial charge in [0.2, 0.25) is 0 Å². The zero-order valence-corrected chi connectivity index (χ0v) is 6.89. The Bertz CT molecular complexity index is 129. The minimum atomic E-state index is 0.392. The first-order chi connectivity index (χ1) is 4.70. The van der Waals surface area contributed by atoms with Crippen LogP contribution in [0.1, 0.15) is 39.5 Å². The quantitative estimate of drug-likeness (QED) is 0.546. The molecule has 1 heteroatoms. The van der Waals surface area contributed by atoms with E-state index in [0.29, 0.717) is 11.7 Å². The highest BCUT2D eigenvalue weighted by Gasteiger charge is 2.21. The van der Waals surface area contributed by atoms with Crippen LogP contribution in [0.5, 0.6) is 0 Å². The van der Waals surface area contributed by atoms with Crippen molar-refractivity contribution < 1.29 is 4.79 Å². The highest BCUT2D eigenvalue weighted by atomic mass is 16.1. The van der Waals surface area contributed by atoms with E-state index in [9.17, 15) is 4.79 Å². The number of hydrogen-bond donors (Lipinski definition) is 0. The SMILES string of the molecule is CC(=O)C1CCC[C@H](C)C1. The topological polar surface area (TPSA) is 17.1 Å². The molecule has 10 heavy (non-hydrogen) atoms. The summed E-state index contributed by atoms with van der Waals surface area (Å²) in [6, 6.07) is 0. The molecule has 0 aromatic carbocycles. The van der Waals surface area contributed by atoms with Crippen LogP contribution in [0.15, 0.2) is 0 Å². The fourth-order valence-electron chi connectivity index (χ4n) is 1.80. The molecule has 0 heterocycles. The van der Waals surface area contributed by atoms with Crippen LogP contribution in [0, 0.1) is 11.8 Å². The molecule has 0 aromatic rings. The van der Waals surface area contributed by atoms with Gasteiger partial charge in [-0.1, -0.05) is 19.8 Å². The summed E-state index contributed by atoms with van der Waals surface area (Å²) in [6.45, 7) is 3.97. The first-order valence-electron chi connectivity index (χ1n) is 4.20. The first-order valence-corrected chi connectivity index (χ1v) is 4.20. The van der Waals surface area contributed by atoms with Crippen LogP contribution in [0.25, 0.3) is 0 Å². The third-order valence-electron chi connectivity index (χ3n) is 2.51. The molecular formula is C9H16O. The van der Waals surface area contributed by atoms with E-state index in [-0.39, 0.29) is 0 Å². The fraction of sp³-hybridized carbons (Fsp3) is 0.889. The van der Waals surface area contributed by atoms with Gasteiger partial charge in [0.05, 0.1) is 0 Å². The van der Waals surface area contributed by atoms with E-state index in [2.05, 4.69) is 6.92 Å². The van der Waals surface area contributed by atoms with Crippen LogP contribution in [0.2, 0.25) is 0 Å². The van der Waals surface area contributed by atoms with E-state index in [1.54, 1.807) is 6.92 Å². The Morgan fingerprint density at radius 3 is 2.50 bits per heavy atom. The zero-order chi connectivity index (χ0) is 7.56. The molecule has 1 aliphatic rings. The average Bonchev–Trinajstić information content (AvgIpc) is 1.88. The molecule has 2 atom stereocenters. The number of ketones is 1. The van der Waals surface area contributed by atoms with E-state index in [1.807, 2.05) is 0 Å². The minimum absolute atomic E-state index is 0.392. The van der Waals surface area contributed by atoms with Crippen molar-refractivity contribution in [1.82, 2.24) is 0 Å². The molecule has 1 nitrogen and oxygen atoms in total. The molecule has 1 rings (SSSR count). The summed E-state index contributed by atoms with van der Waals surface area (Å²) >= 11 is 0. The molecule has 0 saturated heterocycles. The Morgan fingerprint density at radius 2 is 2.10 bits per heavy atom. The monoisotopic (exact) mass is 140 g/mol. The Kier molecular flexibility index (Phi) is 2.47. The Labute approximate surface area is 62.8 Å². The maximum atomic E-state index is 10.9. The van der Waals surface area contributed by atoms with Gasteiger partial charge in [-0.2, -0.15) is 0 Å². The largest absolute Gasteiger partial charge is 0.300 e. The van der Waals surface area contributed by atoms with Gasteiger partial charge in [-0.05, 0) is 25.7 Å². The highest BCUT2D eigenvalue weighted by Crippen LogP contribution is 2.28. The summed E-state index contributed by atoms with van der Waals surface area (Å²) in [5, 5.41) is 0. The van der Waals surface area contributed by atoms with Crippen molar-refractivity contribution >= 4 is 5.78 Å². The van der Waals surface area contributed by atoms with Gasteiger partial charge in [-0.15, -0.1) is 0 Å². The number of rotatable bonds is 1. The molecule has 1 unspecified atom stereocenters. The van der Waals surface area contributed by atoms with E-state index < -0.39 is 0 Å². The molecule has 0 radical (unpaired) electrons. The van der Waals surface area contributed by atoms with Gasteiger partial charge in [-0.3, -0.25) is 4.79 Å². The number of carbonyl (C=O) groups is 1. The number of hydrogen-bond acceptors (Lipinski definition) is 1. The molecule has 0 aromatic heterocycles. The Balaban J connectivity index is 2.39. The summed E-state index contributed by atoms with van der Waals surface area (Å²) in [7, 11) is 0. The molecule has 0 amide bonds. The van der Waals surface area contributed by atoms with Gasteiger partial charge >= 0.3 is 0 Å². The summed E-state index contributed by atoms with van der Waals surface area (Å²) in [6.07, 6.45) is 4.85. The summed E-state index contributed by atoms with van der Waals surface area (Å²) in [5.74, 6) is 1.57. The van der Waals surface area contributed by atoms with E-state index in [0.717, 1.165) is 18.8 Å². The molecule has 1 aliphatic carbocycles. The molecule has 0 spiro atoms. The maximum absolute atomic E-state index is 10.9. The summed E-state index contributed by atoms with van der Waals surface area (Å²) in [4.78, 5) is 10.9. The van der Waals surface area contributed by atoms with Crippen LogP contribution in [-0.2, 0) is 4.79 Å². The molecule has 1 fully saturated rings. The van der Waals surface area contributed by atoms with Gasteiger partial charge in [0, 0.05) is 5.92 Å². The third-order valence-corrected chi connectivity index (χ3v) is 2.51. The predicted molar refractivity (Wildman–Crippen MR) is 41.8 cm³/mol. The standard InChI is InChI=1S/C9H16O/c1-7-4-3-5-9(6-7)8(2)10/h7,9H,3-6H2,1-2H3/t7-,9?/m0/s1. The van der Waals surface area contributed by atoms with Gasteiger partial charge in [0.15, 0.2) is 0 Å². The zero-order valence-electron chi connectivity index (χ0n) is 6.89. The lowest BCUT2D eigenvalue weighted by atomic mass is 9.81. The van der Waals surface area contributed by atoms with Gasteiger partial charge in [-0.25, -0.2) is 0 Å². The first kappa shape index (κ1) is 7.77. The van der Waals surface area contributed by atoms with Crippen molar-refractivity contribution in [3.8, 4) is 0 Å². The van der Waals surface area contributed by atoms with Crippen molar-refractivity contribution in [3.05, 3.63) is 0 Å². The van der Waals surface area contributed by atoms with Crippen LogP contribution in [0.4, 0.5) is 0 Å². The Morgan fingerprint density at radius 1 is 1.40 bits per heavy atom.